The van der Waals surface area contributed by atoms with Crippen LogP contribution in [0.15, 0.2) is 144 Å². The molecule has 20 nitrogen and oxygen atoms in total. The van der Waals surface area contributed by atoms with Gasteiger partial charge in [-0.3, -0.25) is 19.2 Å². The normalized spacial score (nSPS) is 11.6. The molecule has 0 spiro atoms. The van der Waals surface area contributed by atoms with Gasteiger partial charge in [0.15, 0.2) is 5.75 Å². The number of phenols is 2. The van der Waals surface area contributed by atoms with Gasteiger partial charge in [-0.2, -0.15) is 32.2 Å². The summed E-state index contributed by atoms with van der Waals surface area (Å²) in [7, 11) is -10.3. The smallest absolute Gasteiger partial charge is 0.338 e. The maximum Gasteiger partial charge on any atom is 0.338 e. The van der Waals surface area contributed by atoms with Crippen LogP contribution < -0.4 is 5.73 Å². The summed E-state index contributed by atoms with van der Waals surface area (Å²) in [6.07, 6.45) is 0. The van der Waals surface area contributed by atoms with Crippen LogP contribution in [0.3, 0.4) is 0 Å². The number of aromatic carboxylic acids is 1. The van der Waals surface area contributed by atoms with E-state index in [4.69, 9.17) is 5.73 Å². The SMILES string of the molecule is Nc1c(N=Nc2ccc([N+](=O)[O-])cc2)c(S(=O)(=O)O)cc2cc(S(=O)(=O)O)c(N=Nc3ccc(-c4ccc(N=Nc5ccc(O)cc5C(=O)O)cc4)cc3)c(O)c12.[Na].[Na].[Na]. The Morgan fingerprint density at radius 1 is 0.617 bits per heavy atom. The third-order valence-corrected chi connectivity index (χ3v) is 9.75. The largest absolute Gasteiger partial charge is 0.508 e. The molecule has 0 bridgehead atoms. The number of carboxylic acid groups (broad SMARTS) is 1. The van der Waals surface area contributed by atoms with E-state index in [1.54, 1.807) is 36.4 Å². The van der Waals surface area contributed by atoms with Crippen molar-refractivity contribution in [3.05, 3.63) is 119 Å². The fourth-order valence-electron chi connectivity index (χ4n) is 5.30. The molecule has 0 aliphatic carbocycles. The molecular formula is C35H24N8Na3O12S2. The zero-order valence-corrected chi connectivity index (χ0v) is 39.1. The second-order valence-electron chi connectivity index (χ2n) is 11.7. The Labute approximate surface area is 405 Å². The van der Waals surface area contributed by atoms with Crippen molar-refractivity contribution in [1.29, 1.82) is 0 Å². The molecule has 3 radical (unpaired) electrons. The molecule has 0 saturated heterocycles. The quantitative estimate of drug-likeness (QED) is 0.0182. The molecule has 0 atom stereocenters. The minimum Gasteiger partial charge on any atom is -0.508 e. The van der Waals surface area contributed by atoms with Crippen molar-refractivity contribution in [2.75, 3.05) is 5.73 Å². The first-order valence-corrected chi connectivity index (χ1v) is 18.6. The van der Waals surface area contributed by atoms with E-state index < -0.39 is 69.1 Å². The van der Waals surface area contributed by atoms with Crippen LogP contribution in [0.25, 0.3) is 21.9 Å². The van der Waals surface area contributed by atoms with Gasteiger partial charge in [0.2, 0.25) is 0 Å². The first-order chi connectivity index (χ1) is 26.9. The molecule has 291 valence electrons. The van der Waals surface area contributed by atoms with E-state index in [2.05, 4.69) is 30.7 Å². The van der Waals surface area contributed by atoms with Crippen LogP contribution in [0.1, 0.15) is 10.4 Å². The number of carbonyl (C=O) groups is 1. The summed E-state index contributed by atoms with van der Waals surface area (Å²) in [5.74, 6) is -2.49. The van der Waals surface area contributed by atoms with E-state index in [-0.39, 0.29) is 128 Å². The maximum absolute atomic E-state index is 12.4. The molecule has 0 heterocycles. The molecule has 60 heavy (non-hydrogen) atoms. The van der Waals surface area contributed by atoms with Crippen LogP contribution in [-0.4, -0.2) is 141 Å². The van der Waals surface area contributed by atoms with Crippen molar-refractivity contribution in [1.82, 2.24) is 0 Å². The fourth-order valence-corrected chi connectivity index (χ4v) is 6.62. The number of hydrogen-bond donors (Lipinski definition) is 6. The van der Waals surface area contributed by atoms with Crippen LogP contribution in [0.2, 0.25) is 0 Å². The maximum atomic E-state index is 12.4. The van der Waals surface area contributed by atoms with E-state index in [1.165, 1.54) is 36.4 Å². The van der Waals surface area contributed by atoms with Crippen molar-refractivity contribution in [3.8, 4) is 22.6 Å². The number of fused-ring (bicyclic) bond motifs is 1. The van der Waals surface area contributed by atoms with Gasteiger partial charge >= 0.3 is 5.97 Å². The number of nitro benzene ring substituents is 1. The number of azo groups is 3. The van der Waals surface area contributed by atoms with Gasteiger partial charge in [-0.1, -0.05) is 24.3 Å². The second kappa shape index (κ2) is 20.4. The molecule has 0 saturated carbocycles. The van der Waals surface area contributed by atoms with Gasteiger partial charge in [-0.15, -0.1) is 15.3 Å². The van der Waals surface area contributed by atoms with Crippen LogP contribution in [0.4, 0.5) is 45.5 Å². The Balaban J connectivity index is 0.00000320. The molecule has 7 N–H and O–H groups in total. The summed E-state index contributed by atoms with van der Waals surface area (Å²) >= 11 is 0. The first-order valence-electron chi connectivity index (χ1n) is 15.7. The van der Waals surface area contributed by atoms with Crippen molar-refractivity contribution >= 4 is 171 Å². The molecule has 0 aliphatic heterocycles. The number of carboxylic acids is 1. The number of nitrogen functional groups attached to an aromatic ring is 1. The number of benzene rings is 6. The van der Waals surface area contributed by atoms with Crippen molar-refractivity contribution in [2.24, 2.45) is 30.7 Å². The number of aromatic hydroxyl groups is 2. The van der Waals surface area contributed by atoms with Crippen LogP contribution in [-0.2, 0) is 20.2 Å². The minimum atomic E-state index is -5.16. The van der Waals surface area contributed by atoms with Crippen molar-refractivity contribution in [2.45, 2.75) is 9.79 Å². The minimum absolute atomic E-state index is 0. The number of hydrogen-bond acceptors (Lipinski definition) is 16. The van der Waals surface area contributed by atoms with E-state index >= 15 is 0 Å². The van der Waals surface area contributed by atoms with Gasteiger partial charge in [0, 0.05) is 101 Å². The van der Waals surface area contributed by atoms with E-state index in [0.29, 0.717) is 11.3 Å². The number of nitrogens with two attached hydrogens (primary N) is 1. The van der Waals surface area contributed by atoms with Gasteiger partial charge in [-0.25, -0.2) is 4.79 Å². The summed E-state index contributed by atoms with van der Waals surface area (Å²) in [5.41, 5.74) is 5.65. The van der Waals surface area contributed by atoms with Gasteiger partial charge in [0.1, 0.15) is 32.6 Å². The fraction of sp³-hybridized carbons (Fsp3) is 0. The summed E-state index contributed by atoms with van der Waals surface area (Å²) in [6, 6.07) is 22.7. The topological polar surface area (TPSA) is 330 Å². The van der Waals surface area contributed by atoms with Gasteiger partial charge in [-0.05, 0) is 83.2 Å². The zero-order chi connectivity index (χ0) is 41.2. The number of anilines is 1. The van der Waals surface area contributed by atoms with Gasteiger partial charge in [0.05, 0.1) is 38.6 Å². The van der Waals surface area contributed by atoms with E-state index in [9.17, 15) is 56.2 Å². The monoisotopic (exact) mass is 881 g/mol. The predicted molar refractivity (Wildman–Crippen MR) is 219 cm³/mol. The molecule has 6 rings (SSSR count). The van der Waals surface area contributed by atoms with Crippen molar-refractivity contribution in [3.63, 3.8) is 0 Å². The van der Waals surface area contributed by atoms with Crippen LogP contribution >= 0.6 is 0 Å². The molecule has 0 amide bonds. The standard InChI is InChI=1S/C35H24N8O12S2.3Na/c36-31-30-20(15-28(56(50,51)52)32(31)41-38-23-9-11-24(12-10-23)43(48)49)16-29(57(53,54)55)33(34(30)45)42-39-22-7-3-19(4-8-22)18-1-5-21(6-2-18)37-40-27-14-13-25(44)17-26(27)35(46)47;;;/h1-17,44-45H,36H2,(H,46,47)(H,50,51,52)(H,53,54,55);;;. The molecule has 6 aromatic rings. The molecule has 0 fully saturated rings. The average molecular weight is 882 g/mol. The van der Waals surface area contributed by atoms with Gasteiger partial charge < -0.3 is 21.1 Å². The second-order valence-corrected chi connectivity index (χ2v) is 14.5. The van der Waals surface area contributed by atoms with E-state index in [1.807, 2.05) is 0 Å². The summed E-state index contributed by atoms with van der Waals surface area (Å²) < 4.78 is 69.5. The summed E-state index contributed by atoms with van der Waals surface area (Å²) in [5, 5.41) is 63.9. The summed E-state index contributed by atoms with van der Waals surface area (Å²) in [6.45, 7) is 0. The van der Waals surface area contributed by atoms with Crippen LogP contribution in [0, 0.1) is 10.1 Å². The molecular weight excluding hydrogens is 858 g/mol. The molecule has 0 unspecified atom stereocenters. The number of nitro groups is 1. The Morgan fingerprint density at radius 3 is 1.50 bits per heavy atom. The predicted octanol–water partition coefficient (Wildman–Crippen LogP) is 7.70. The molecule has 0 aliphatic rings. The number of phenolic OH excluding ortho intramolecular Hbond substituents is 2. The van der Waals surface area contributed by atoms with Crippen molar-refractivity contribution < 1.29 is 51.0 Å². The van der Waals surface area contributed by atoms with E-state index in [0.717, 1.165) is 35.9 Å². The Bertz CT molecular complexity index is 2940. The summed E-state index contributed by atoms with van der Waals surface area (Å²) in [4.78, 5) is 19.8. The Kier molecular flexibility index (Phi) is 16.9. The Morgan fingerprint density at radius 2 is 1.05 bits per heavy atom. The van der Waals surface area contributed by atoms with Crippen LogP contribution in [0.5, 0.6) is 11.5 Å². The average Bonchev–Trinajstić information content (AvgIpc) is 3.16. The molecule has 0 aromatic heterocycles. The zero-order valence-electron chi connectivity index (χ0n) is 31.4. The number of rotatable bonds is 11. The third-order valence-electron chi connectivity index (χ3n) is 8.01. The Hall–Kier alpha value is -4.53. The molecule has 6 aromatic carbocycles. The number of non-ortho nitro benzene ring substituents is 1. The van der Waals surface area contributed by atoms with Gasteiger partial charge in [0.25, 0.3) is 25.9 Å². The molecule has 25 heteroatoms. The first kappa shape index (κ1) is 49.8. The third kappa shape index (κ3) is 11.4. The number of nitrogens with zero attached hydrogens (tertiary/aromatic N) is 7.